The summed E-state index contributed by atoms with van der Waals surface area (Å²) in [6, 6.07) is 3.58. The lowest BCUT2D eigenvalue weighted by molar-refractivity contribution is 1.41. The average molecular weight is 148 g/mol. The summed E-state index contributed by atoms with van der Waals surface area (Å²) in [5.74, 6) is 0.609. The van der Waals surface area contributed by atoms with Crippen LogP contribution in [0.15, 0.2) is 18.3 Å². The summed E-state index contributed by atoms with van der Waals surface area (Å²) >= 11 is 0. The van der Waals surface area contributed by atoms with E-state index in [4.69, 9.17) is 11.5 Å². The smallest absolute Gasteiger partial charge is 0.103 e. The van der Waals surface area contributed by atoms with Gasteiger partial charge < -0.3 is 16.5 Å². The Bertz CT molecular complexity index is 390. The van der Waals surface area contributed by atoms with Crippen LogP contribution in [0.1, 0.15) is 0 Å². The van der Waals surface area contributed by atoms with Crippen LogP contribution in [0.5, 0.6) is 0 Å². The van der Waals surface area contributed by atoms with E-state index in [9.17, 15) is 0 Å². The molecule has 2 rings (SSSR count). The van der Waals surface area contributed by atoms with E-state index in [1.807, 2.05) is 0 Å². The Morgan fingerprint density at radius 3 is 2.91 bits per heavy atom. The molecule has 0 amide bonds. The van der Waals surface area contributed by atoms with Crippen LogP contribution < -0.4 is 11.5 Å². The minimum Gasteiger partial charge on any atom is -0.397 e. The Balaban J connectivity index is 2.82. The van der Waals surface area contributed by atoms with E-state index in [2.05, 4.69) is 9.97 Å². The van der Waals surface area contributed by atoms with Crippen molar-refractivity contribution in [1.29, 1.82) is 0 Å². The fourth-order valence-electron chi connectivity index (χ4n) is 1.05. The number of hydrogen-bond donors (Lipinski definition) is 3. The van der Waals surface area contributed by atoms with Crippen molar-refractivity contribution < 1.29 is 0 Å². The van der Waals surface area contributed by atoms with Gasteiger partial charge in [0.25, 0.3) is 0 Å². The highest BCUT2D eigenvalue weighted by atomic mass is 14.9. The van der Waals surface area contributed by atoms with E-state index in [-0.39, 0.29) is 0 Å². The van der Waals surface area contributed by atoms with Gasteiger partial charge in [0.2, 0.25) is 0 Å². The van der Waals surface area contributed by atoms with Crippen molar-refractivity contribution >= 4 is 22.5 Å². The van der Waals surface area contributed by atoms with Crippen LogP contribution in [-0.4, -0.2) is 9.97 Å². The summed E-state index contributed by atoms with van der Waals surface area (Å²) in [6.07, 6.45) is 1.61. The predicted octanol–water partition coefficient (Wildman–Crippen LogP) is 0.727. The van der Waals surface area contributed by atoms with Crippen LogP contribution in [0.3, 0.4) is 0 Å². The molecule has 56 valence electrons. The molecular weight excluding hydrogens is 140 g/mol. The molecular formula is C7H8N4. The number of nitrogens with two attached hydrogens (primary N) is 2. The molecule has 0 aromatic carbocycles. The lowest BCUT2D eigenvalue weighted by atomic mass is 10.3. The molecule has 0 aliphatic carbocycles. The van der Waals surface area contributed by atoms with Gasteiger partial charge in [0.05, 0.1) is 22.9 Å². The largest absolute Gasteiger partial charge is 0.397 e. The number of nitrogen functional groups attached to an aromatic ring is 2. The van der Waals surface area contributed by atoms with Gasteiger partial charge in [-0.2, -0.15) is 0 Å². The third-order valence-corrected chi connectivity index (χ3v) is 1.51. The van der Waals surface area contributed by atoms with E-state index >= 15 is 0 Å². The maximum atomic E-state index is 5.51. The van der Waals surface area contributed by atoms with Crippen LogP contribution in [-0.2, 0) is 0 Å². The molecule has 4 heteroatoms. The number of H-pyrrole nitrogens is 1. The van der Waals surface area contributed by atoms with Crippen molar-refractivity contribution in [3.63, 3.8) is 0 Å². The van der Waals surface area contributed by atoms with Crippen LogP contribution in [0, 0.1) is 0 Å². The maximum Gasteiger partial charge on any atom is 0.103 e. The third-order valence-electron chi connectivity index (χ3n) is 1.51. The number of hydrogen-bond acceptors (Lipinski definition) is 3. The molecule has 2 heterocycles. The van der Waals surface area contributed by atoms with Gasteiger partial charge in [-0.05, 0) is 6.07 Å². The van der Waals surface area contributed by atoms with Crippen molar-refractivity contribution in [3.05, 3.63) is 18.3 Å². The average Bonchev–Trinajstić information content (AvgIpc) is 2.27. The van der Waals surface area contributed by atoms with Crippen LogP contribution in [0.4, 0.5) is 11.5 Å². The number of nitrogens with zero attached hydrogens (tertiary/aromatic N) is 1. The molecule has 0 aliphatic rings. The molecule has 4 nitrogen and oxygen atoms in total. The lowest BCUT2D eigenvalue weighted by Gasteiger charge is -1.90. The second-order valence-electron chi connectivity index (χ2n) is 2.43. The van der Waals surface area contributed by atoms with Gasteiger partial charge in [-0.1, -0.05) is 0 Å². The number of aromatic nitrogens is 2. The molecule has 0 radical (unpaired) electrons. The first-order valence-electron chi connectivity index (χ1n) is 3.25. The minimum absolute atomic E-state index is 0.609. The number of nitrogens with one attached hydrogen (secondary N) is 1. The SMILES string of the molecule is Nc1cnc2cc(N)[nH]c2c1. The van der Waals surface area contributed by atoms with Gasteiger partial charge in [0, 0.05) is 6.07 Å². The van der Waals surface area contributed by atoms with E-state index in [1.165, 1.54) is 0 Å². The zero-order valence-electron chi connectivity index (χ0n) is 5.83. The molecule has 0 atom stereocenters. The highest BCUT2D eigenvalue weighted by molar-refractivity contribution is 5.81. The third kappa shape index (κ3) is 0.881. The number of pyridine rings is 1. The van der Waals surface area contributed by atoms with E-state index < -0.39 is 0 Å². The summed E-state index contributed by atoms with van der Waals surface area (Å²) in [6.45, 7) is 0. The molecule has 0 saturated heterocycles. The van der Waals surface area contributed by atoms with Crippen molar-refractivity contribution in [2.75, 3.05) is 11.5 Å². The summed E-state index contributed by atoms with van der Waals surface area (Å²) in [7, 11) is 0. The first-order valence-corrected chi connectivity index (χ1v) is 3.25. The van der Waals surface area contributed by atoms with Crippen LogP contribution >= 0.6 is 0 Å². The van der Waals surface area contributed by atoms with E-state index in [0.29, 0.717) is 11.5 Å². The molecule has 0 unspecified atom stereocenters. The summed E-state index contributed by atoms with van der Waals surface area (Å²) < 4.78 is 0. The van der Waals surface area contributed by atoms with Crippen LogP contribution in [0.2, 0.25) is 0 Å². The van der Waals surface area contributed by atoms with Gasteiger partial charge in [0.15, 0.2) is 0 Å². The standard InChI is InChI=1S/C7H8N4/c8-4-1-6-5(10-3-4)2-7(9)11-6/h1-3,11H,8-9H2. The molecule has 0 aliphatic heterocycles. The second kappa shape index (κ2) is 1.88. The molecule has 2 aromatic heterocycles. The van der Waals surface area contributed by atoms with E-state index in [1.54, 1.807) is 18.3 Å². The maximum absolute atomic E-state index is 5.51. The fraction of sp³-hybridized carbons (Fsp3) is 0. The first-order chi connectivity index (χ1) is 5.25. The van der Waals surface area contributed by atoms with Crippen LogP contribution in [0.25, 0.3) is 11.0 Å². The summed E-state index contributed by atoms with van der Waals surface area (Å²) in [4.78, 5) is 7.00. The zero-order valence-corrected chi connectivity index (χ0v) is 5.83. The Labute approximate surface area is 63.2 Å². The van der Waals surface area contributed by atoms with Gasteiger partial charge in [0.1, 0.15) is 5.82 Å². The second-order valence-corrected chi connectivity index (χ2v) is 2.43. The minimum atomic E-state index is 0.609. The Kier molecular flexibility index (Phi) is 1.03. The summed E-state index contributed by atoms with van der Waals surface area (Å²) in [5.41, 5.74) is 13.4. The van der Waals surface area contributed by atoms with Crippen molar-refractivity contribution in [1.82, 2.24) is 9.97 Å². The van der Waals surface area contributed by atoms with Gasteiger partial charge in [-0.3, -0.25) is 4.98 Å². The quantitative estimate of drug-likeness (QED) is 0.515. The Hall–Kier alpha value is -1.71. The lowest BCUT2D eigenvalue weighted by Crippen LogP contribution is -1.85. The van der Waals surface area contributed by atoms with Crippen molar-refractivity contribution in [2.45, 2.75) is 0 Å². The fourth-order valence-corrected chi connectivity index (χ4v) is 1.05. The summed E-state index contributed by atoms with van der Waals surface area (Å²) in [5, 5.41) is 0. The monoisotopic (exact) mass is 148 g/mol. The molecule has 11 heavy (non-hydrogen) atoms. The van der Waals surface area contributed by atoms with Gasteiger partial charge in [-0.25, -0.2) is 0 Å². The molecule has 0 bridgehead atoms. The Morgan fingerprint density at radius 1 is 1.27 bits per heavy atom. The molecule has 0 saturated carbocycles. The molecule has 0 spiro atoms. The number of fused-ring (bicyclic) bond motifs is 1. The van der Waals surface area contributed by atoms with Gasteiger partial charge >= 0.3 is 0 Å². The topological polar surface area (TPSA) is 80.7 Å². The first kappa shape index (κ1) is 6.03. The normalized spacial score (nSPS) is 10.5. The highest BCUT2D eigenvalue weighted by Gasteiger charge is 1.97. The predicted molar refractivity (Wildman–Crippen MR) is 44.9 cm³/mol. The zero-order chi connectivity index (χ0) is 7.84. The Morgan fingerprint density at radius 2 is 2.09 bits per heavy atom. The van der Waals surface area contributed by atoms with Crippen molar-refractivity contribution in [3.8, 4) is 0 Å². The van der Waals surface area contributed by atoms with Crippen molar-refractivity contribution in [2.24, 2.45) is 0 Å². The highest BCUT2D eigenvalue weighted by Crippen LogP contribution is 2.15. The number of rotatable bonds is 0. The molecule has 0 fully saturated rings. The number of aromatic amines is 1. The number of anilines is 2. The van der Waals surface area contributed by atoms with Gasteiger partial charge in [-0.15, -0.1) is 0 Å². The molecule has 5 N–H and O–H groups in total. The van der Waals surface area contributed by atoms with E-state index in [0.717, 1.165) is 11.0 Å². The molecule has 2 aromatic rings.